The van der Waals surface area contributed by atoms with E-state index < -0.39 is 17.8 Å². The molecule has 0 fully saturated rings. The van der Waals surface area contributed by atoms with Gasteiger partial charge in [0.15, 0.2) is 0 Å². The molecular weight excluding hydrogens is 309 g/mol. The van der Waals surface area contributed by atoms with E-state index in [4.69, 9.17) is 0 Å². The van der Waals surface area contributed by atoms with Gasteiger partial charge >= 0.3 is 0 Å². The summed E-state index contributed by atoms with van der Waals surface area (Å²) in [7, 11) is 0. The van der Waals surface area contributed by atoms with Gasteiger partial charge in [-0.2, -0.15) is 0 Å². The third-order valence-electron chi connectivity index (χ3n) is 5.35. The van der Waals surface area contributed by atoms with Crippen molar-refractivity contribution in [2.24, 2.45) is 5.92 Å². The first kappa shape index (κ1) is 17.1. The smallest absolute Gasteiger partial charge is 0.207 e. The summed E-state index contributed by atoms with van der Waals surface area (Å²) in [6.07, 6.45) is 0.949. The number of hydrogen-bond acceptors (Lipinski definition) is 0. The standard InChI is InChI=1S/C21H23F3/c1-12-7-16(11-18(22)8-12)10-17-6-5-13(2)20-15(4)21(23,24)14(3)9-19(17)20/h5-8,11,14-15H,9-10H2,1-4H3. The number of halogens is 3. The fourth-order valence-electron chi connectivity index (χ4n) is 4.03. The van der Waals surface area contributed by atoms with Crippen LogP contribution in [0.3, 0.4) is 0 Å². The summed E-state index contributed by atoms with van der Waals surface area (Å²) in [5.41, 5.74) is 5.53. The number of hydrogen-bond donors (Lipinski definition) is 0. The number of alkyl halides is 2. The highest BCUT2D eigenvalue weighted by Gasteiger charge is 2.47. The molecule has 2 unspecified atom stereocenters. The van der Waals surface area contributed by atoms with Crippen LogP contribution in [-0.2, 0) is 12.8 Å². The molecule has 0 N–H and O–H groups in total. The minimum absolute atomic E-state index is 0.251. The van der Waals surface area contributed by atoms with Gasteiger partial charge in [-0.1, -0.05) is 32.0 Å². The zero-order valence-electron chi connectivity index (χ0n) is 14.6. The Morgan fingerprint density at radius 3 is 2.46 bits per heavy atom. The molecule has 0 nitrogen and oxygen atoms in total. The third kappa shape index (κ3) is 2.85. The molecule has 0 aliphatic heterocycles. The topological polar surface area (TPSA) is 0 Å². The highest BCUT2D eigenvalue weighted by atomic mass is 19.3. The van der Waals surface area contributed by atoms with E-state index in [1.54, 1.807) is 13.8 Å². The average molecular weight is 332 g/mol. The predicted octanol–water partition coefficient (Wildman–Crippen LogP) is 5.96. The van der Waals surface area contributed by atoms with Crippen LogP contribution in [0.1, 0.15) is 53.1 Å². The fraction of sp³-hybridized carbons (Fsp3) is 0.429. The molecule has 3 heteroatoms. The molecule has 3 rings (SSSR count). The van der Waals surface area contributed by atoms with E-state index in [1.165, 1.54) is 12.1 Å². The van der Waals surface area contributed by atoms with Crippen molar-refractivity contribution in [3.05, 3.63) is 69.5 Å². The minimum atomic E-state index is -2.69. The number of fused-ring (bicyclic) bond motifs is 1. The molecule has 0 spiro atoms. The van der Waals surface area contributed by atoms with Crippen LogP contribution in [0.5, 0.6) is 0 Å². The van der Waals surface area contributed by atoms with Crippen molar-refractivity contribution < 1.29 is 13.2 Å². The summed E-state index contributed by atoms with van der Waals surface area (Å²) in [5.74, 6) is -4.41. The summed E-state index contributed by atoms with van der Waals surface area (Å²) < 4.78 is 42.6. The Hall–Kier alpha value is -1.77. The Morgan fingerprint density at radius 2 is 1.79 bits per heavy atom. The van der Waals surface area contributed by atoms with Gasteiger partial charge in [-0.05, 0) is 72.2 Å². The quantitative estimate of drug-likeness (QED) is 0.636. The Kier molecular flexibility index (Phi) is 4.23. The molecule has 2 atom stereocenters. The maximum absolute atomic E-state index is 14.5. The van der Waals surface area contributed by atoms with Gasteiger partial charge in [-0.3, -0.25) is 0 Å². The molecule has 24 heavy (non-hydrogen) atoms. The average Bonchev–Trinajstić information content (AvgIpc) is 2.47. The van der Waals surface area contributed by atoms with Crippen molar-refractivity contribution >= 4 is 0 Å². The normalized spacial score (nSPS) is 22.3. The molecule has 0 radical (unpaired) electrons. The van der Waals surface area contributed by atoms with E-state index in [0.29, 0.717) is 12.8 Å². The van der Waals surface area contributed by atoms with Crippen LogP contribution in [0.25, 0.3) is 0 Å². The minimum Gasteiger partial charge on any atom is -0.207 e. The maximum Gasteiger partial charge on any atom is 0.257 e. The molecule has 1 aliphatic carbocycles. The fourth-order valence-corrected chi connectivity index (χ4v) is 4.03. The van der Waals surface area contributed by atoms with Gasteiger partial charge < -0.3 is 0 Å². The summed E-state index contributed by atoms with van der Waals surface area (Å²) in [6.45, 7) is 7.01. The van der Waals surface area contributed by atoms with Gasteiger partial charge in [0.25, 0.3) is 5.92 Å². The molecule has 2 aromatic rings. The van der Waals surface area contributed by atoms with E-state index in [-0.39, 0.29) is 5.82 Å². The molecule has 0 bridgehead atoms. The maximum atomic E-state index is 14.5. The first-order chi connectivity index (χ1) is 11.2. The molecule has 0 saturated carbocycles. The van der Waals surface area contributed by atoms with Crippen molar-refractivity contribution in [2.45, 2.75) is 52.4 Å². The largest absolute Gasteiger partial charge is 0.257 e. The van der Waals surface area contributed by atoms with Crippen LogP contribution in [0.4, 0.5) is 13.2 Å². The first-order valence-electron chi connectivity index (χ1n) is 8.45. The van der Waals surface area contributed by atoms with Crippen LogP contribution in [0.2, 0.25) is 0 Å². The first-order valence-corrected chi connectivity index (χ1v) is 8.45. The Bertz CT molecular complexity index is 757. The van der Waals surface area contributed by atoms with Gasteiger partial charge in [0.2, 0.25) is 0 Å². The summed E-state index contributed by atoms with van der Waals surface area (Å²) >= 11 is 0. The number of aryl methyl sites for hydroxylation is 2. The van der Waals surface area contributed by atoms with Crippen molar-refractivity contribution in [3.8, 4) is 0 Å². The Balaban J connectivity index is 2.07. The van der Waals surface area contributed by atoms with Crippen molar-refractivity contribution in [2.75, 3.05) is 0 Å². The zero-order chi connectivity index (χ0) is 17.6. The van der Waals surface area contributed by atoms with Gasteiger partial charge in [0, 0.05) is 11.8 Å². The third-order valence-corrected chi connectivity index (χ3v) is 5.35. The lowest BCUT2D eigenvalue weighted by molar-refractivity contribution is -0.0784. The monoisotopic (exact) mass is 332 g/mol. The van der Waals surface area contributed by atoms with E-state index in [0.717, 1.165) is 33.4 Å². The van der Waals surface area contributed by atoms with Gasteiger partial charge in [0.1, 0.15) is 5.82 Å². The zero-order valence-corrected chi connectivity index (χ0v) is 14.6. The summed E-state index contributed by atoms with van der Waals surface area (Å²) in [4.78, 5) is 0. The highest BCUT2D eigenvalue weighted by Crippen LogP contribution is 2.48. The van der Waals surface area contributed by atoms with Crippen LogP contribution < -0.4 is 0 Å². The Morgan fingerprint density at radius 1 is 1.08 bits per heavy atom. The number of rotatable bonds is 2. The Labute approximate surface area is 141 Å². The van der Waals surface area contributed by atoms with E-state index in [9.17, 15) is 13.2 Å². The lowest BCUT2D eigenvalue weighted by Gasteiger charge is -2.38. The second kappa shape index (κ2) is 5.94. The molecule has 1 aliphatic rings. The van der Waals surface area contributed by atoms with Crippen molar-refractivity contribution in [1.29, 1.82) is 0 Å². The second-order valence-corrected chi connectivity index (χ2v) is 7.25. The number of benzene rings is 2. The van der Waals surface area contributed by atoms with Crippen LogP contribution in [0.15, 0.2) is 30.3 Å². The molecular formula is C21H23F3. The molecule has 0 aromatic heterocycles. The van der Waals surface area contributed by atoms with Gasteiger partial charge in [-0.25, -0.2) is 13.2 Å². The van der Waals surface area contributed by atoms with E-state index in [1.807, 2.05) is 32.0 Å². The van der Waals surface area contributed by atoms with Gasteiger partial charge in [0.05, 0.1) is 0 Å². The lowest BCUT2D eigenvalue weighted by Crippen LogP contribution is -2.39. The SMILES string of the molecule is Cc1cc(F)cc(Cc2ccc(C)c3c2CC(C)C(F)(F)C3C)c1. The molecule has 2 aromatic carbocycles. The summed E-state index contributed by atoms with van der Waals surface area (Å²) in [5, 5.41) is 0. The van der Waals surface area contributed by atoms with Crippen molar-refractivity contribution in [3.63, 3.8) is 0 Å². The van der Waals surface area contributed by atoms with E-state index >= 15 is 0 Å². The van der Waals surface area contributed by atoms with Crippen LogP contribution >= 0.6 is 0 Å². The second-order valence-electron chi connectivity index (χ2n) is 7.25. The highest BCUT2D eigenvalue weighted by molar-refractivity contribution is 5.47. The predicted molar refractivity (Wildman–Crippen MR) is 91.4 cm³/mol. The molecule has 0 amide bonds. The lowest BCUT2D eigenvalue weighted by atomic mass is 9.72. The van der Waals surface area contributed by atoms with Gasteiger partial charge in [-0.15, -0.1) is 0 Å². The summed E-state index contributed by atoms with van der Waals surface area (Å²) in [6, 6.07) is 8.92. The van der Waals surface area contributed by atoms with Crippen LogP contribution in [0, 0.1) is 25.6 Å². The van der Waals surface area contributed by atoms with Crippen molar-refractivity contribution in [1.82, 2.24) is 0 Å². The van der Waals surface area contributed by atoms with E-state index in [2.05, 4.69) is 0 Å². The van der Waals surface area contributed by atoms with Crippen LogP contribution in [-0.4, -0.2) is 5.92 Å². The molecule has 0 heterocycles. The molecule has 128 valence electrons. The molecule has 0 saturated heterocycles.